The lowest BCUT2D eigenvalue weighted by Gasteiger charge is -2.25. The van der Waals surface area contributed by atoms with Crippen LogP contribution in [0.2, 0.25) is 0 Å². The molecule has 1 saturated heterocycles. The summed E-state index contributed by atoms with van der Waals surface area (Å²) in [6.45, 7) is 5.94. The molecule has 0 aromatic heterocycles. The van der Waals surface area contributed by atoms with Gasteiger partial charge in [0.2, 0.25) is 0 Å². The zero-order chi connectivity index (χ0) is 8.65. The fraction of sp³-hybridized carbons (Fsp3) is 0.875. The molecule has 0 bridgehead atoms. The lowest BCUT2D eigenvalue weighted by molar-refractivity contribution is -0.142. The van der Waals surface area contributed by atoms with E-state index in [1.807, 2.05) is 20.8 Å². The maximum atomic E-state index is 11.0. The maximum absolute atomic E-state index is 11.0. The molecule has 1 aliphatic heterocycles. The summed E-state index contributed by atoms with van der Waals surface area (Å²) in [5.74, 6) is -0.262. The van der Waals surface area contributed by atoms with Crippen LogP contribution in [0.1, 0.15) is 27.2 Å². The van der Waals surface area contributed by atoms with Crippen molar-refractivity contribution in [2.45, 2.75) is 39.3 Å². The van der Waals surface area contributed by atoms with Crippen LogP contribution >= 0.6 is 0 Å². The summed E-state index contributed by atoms with van der Waals surface area (Å²) in [7, 11) is 0. The third-order valence-electron chi connectivity index (χ3n) is 2.51. The molecule has 11 heavy (non-hydrogen) atoms. The molecule has 1 rings (SSSR count). The number of rotatable bonds is 1. The molecule has 0 spiro atoms. The topological polar surface area (TPSA) is 52.3 Å². The van der Waals surface area contributed by atoms with Crippen molar-refractivity contribution >= 4 is 5.97 Å². The summed E-state index contributed by atoms with van der Waals surface area (Å²) in [4.78, 5) is 11.0. The van der Waals surface area contributed by atoms with E-state index < -0.39 is 6.04 Å². The van der Waals surface area contributed by atoms with Gasteiger partial charge in [0.1, 0.15) is 12.1 Å². The summed E-state index contributed by atoms with van der Waals surface area (Å²) in [6, 6.07) is -0.451. The number of carbonyl (C=O) groups is 1. The Balaban J connectivity index is 2.82. The van der Waals surface area contributed by atoms with Crippen LogP contribution in [0.4, 0.5) is 0 Å². The lowest BCUT2D eigenvalue weighted by Crippen LogP contribution is -2.41. The minimum absolute atomic E-state index is 0.00926. The van der Waals surface area contributed by atoms with Gasteiger partial charge in [0, 0.05) is 5.41 Å². The molecule has 0 aliphatic carbocycles. The number of cyclic esters (lactones) is 1. The quantitative estimate of drug-likeness (QED) is 0.569. The number of carbonyl (C=O) groups excluding carboxylic acids is 1. The second kappa shape index (κ2) is 2.48. The van der Waals surface area contributed by atoms with Crippen molar-refractivity contribution in [1.29, 1.82) is 0 Å². The summed E-state index contributed by atoms with van der Waals surface area (Å²) >= 11 is 0. The van der Waals surface area contributed by atoms with Crippen LogP contribution in [0.5, 0.6) is 0 Å². The third-order valence-corrected chi connectivity index (χ3v) is 2.51. The molecule has 0 amide bonds. The van der Waals surface area contributed by atoms with Crippen LogP contribution in [0.25, 0.3) is 0 Å². The van der Waals surface area contributed by atoms with Gasteiger partial charge in [-0.1, -0.05) is 20.8 Å². The van der Waals surface area contributed by atoms with Crippen LogP contribution in [-0.2, 0) is 9.53 Å². The Morgan fingerprint density at radius 2 is 2.18 bits per heavy atom. The smallest absolute Gasteiger partial charge is 0.323 e. The van der Waals surface area contributed by atoms with Gasteiger partial charge in [0.15, 0.2) is 0 Å². The van der Waals surface area contributed by atoms with E-state index in [2.05, 4.69) is 0 Å². The first kappa shape index (κ1) is 8.53. The predicted octanol–water partition coefficient (Wildman–Crippen LogP) is 0.675. The molecule has 2 unspecified atom stereocenters. The summed E-state index contributed by atoms with van der Waals surface area (Å²) in [6.07, 6.45) is 0.830. The second-order valence-electron chi connectivity index (χ2n) is 3.63. The van der Waals surface area contributed by atoms with Crippen LogP contribution in [-0.4, -0.2) is 18.1 Å². The second-order valence-corrected chi connectivity index (χ2v) is 3.63. The number of hydrogen-bond acceptors (Lipinski definition) is 3. The molecule has 2 N–H and O–H groups in total. The highest BCUT2D eigenvalue weighted by Crippen LogP contribution is 2.35. The molecule has 0 radical (unpaired) electrons. The minimum atomic E-state index is -0.451. The van der Waals surface area contributed by atoms with Crippen molar-refractivity contribution in [2.75, 3.05) is 0 Å². The normalized spacial score (nSPS) is 35.5. The highest BCUT2D eigenvalue weighted by molar-refractivity contribution is 5.79. The Kier molecular flexibility index (Phi) is 1.92. The molecule has 1 aliphatic rings. The zero-order valence-electron chi connectivity index (χ0n) is 7.26. The largest absolute Gasteiger partial charge is 0.461 e. The molecule has 1 heterocycles. The average molecular weight is 157 g/mol. The van der Waals surface area contributed by atoms with E-state index in [-0.39, 0.29) is 17.5 Å². The van der Waals surface area contributed by atoms with Crippen molar-refractivity contribution in [1.82, 2.24) is 0 Å². The summed E-state index contributed by atoms with van der Waals surface area (Å²) in [5.41, 5.74) is 5.44. The van der Waals surface area contributed by atoms with E-state index >= 15 is 0 Å². The van der Waals surface area contributed by atoms with E-state index in [1.54, 1.807) is 0 Å². The molecule has 0 aromatic rings. The van der Waals surface area contributed by atoms with Crippen LogP contribution in [0.3, 0.4) is 0 Å². The molecular weight excluding hydrogens is 142 g/mol. The monoisotopic (exact) mass is 157 g/mol. The molecule has 2 atom stereocenters. The van der Waals surface area contributed by atoms with Gasteiger partial charge in [-0.15, -0.1) is 0 Å². The highest BCUT2D eigenvalue weighted by atomic mass is 16.6. The fourth-order valence-electron chi connectivity index (χ4n) is 1.48. The first-order chi connectivity index (χ1) is 5.00. The third kappa shape index (κ3) is 1.13. The van der Waals surface area contributed by atoms with Crippen molar-refractivity contribution < 1.29 is 9.53 Å². The number of esters is 1. The minimum Gasteiger partial charge on any atom is -0.461 e. The molecule has 0 aromatic carbocycles. The molecule has 3 nitrogen and oxygen atoms in total. The van der Waals surface area contributed by atoms with Crippen molar-refractivity contribution in [3.05, 3.63) is 0 Å². The number of nitrogens with two attached hydrogens (primary N) is 1. The van der Waals surface area contributed by atoms with Crippen LogP contribution < -0.4 is 5.73 Å². The Hall–Kier alpha value is -0.570. The molecular formula is C8H15NO2. The van der Waals surface area contributed by atoms with Gasteiger partial charge in [-0.25, -0.2) is 0 Å². The fourth-order valence-corrected chi connectivity index (χ4v) is 1.48. The molecule has 1 fully saturated rings. The van der Waals surface area contributed by atoms with Gasteiger partial charge >= 0.3 is 5.97 Å². The van der Waals surface area contributed by atoms with E-state index in [4.69, 9.17) is 10.5 Å². The lowest BCUT2D eigenvalue weighted by atomic mass is 9.81. The van der Waals surface area contributed by atoms with Crippen molar-refractivity contribution in [3.63, 3.8) is 0 Å². The Morgan fingerprint density at radius 3 is 2.36 bits per heavy atom. The average Bonchev–Trinajstić information content (AvgIpc) is 2.13. The SMILES string of the molecule is CCC1OC(=O)C(N)C1(C)C. The molecule has 64 valence electrons. The Bertz CT molecular complexity index is 177. The first-order valence-corrected chi connectivity index (χ1v) is 3.96. The van der Waals surface area contributed by atoms with E-state index in [9.17, 15) is 4.79 Å². The van der Waals surface area contributed by atoms with Crippen LogP contribution in [0, 0.1) is 5.41 Å². The van der Waals surface area contributed by atoms with Gasteiger partial charge in [-0.2, -0.15) is 0 Å². The van der Waals surface area contributed by atoms with Gasteiger partial charge in [0.25, 0.3) is 0 Å². The Morgan fingerprint density at radius 1 is 1.64 bits per heavy atom. The first-order valence-electron chi connectivity index (χ1n) is 3.96. The van der Waals surface area contributed by atoms with E-state index in [1.165, 1.54) is 0 Å². The van der Waals surface area contributed by atoms with Gasteiger partial charge in [-0.3, -0.25) is 4.79 Å². The predicted molar refractivity (Wildman–Crippen MR) is 41.9 cm³/mol. The highest BCUT2D eigenvalue weighted by Gasteiger charge is 2.47. The number of ether oxygens (including phenoxy) is 1. The zero-order valence-corrected chi connectivity index (χ0v) is 7.26. The van der Waals surface area contributed by atoms with Gasteiger partial charge in [0.05, 0.1) is 0 Å². The van der Waals surface area contributed by atoms with Crippen LogP contribution in [0.15, 0.2) is 0 Å². The Labute approximate surface area is 66.9 Å². The maximum Gasteiger partial charge on any atom is 0.323 e. The van der Waals surface area contributed by atoms with E-state index in [0.29, 0.717) is 0 Å². The molecule has 0 saturated carbocycles. The summed E-state index contributed by atoms with van der Waals surface area (Å²) < 4.78 is 5.07. The van der Waals surface area contributed by atoms with Crippen molar-refractivity contribution in [3.8, 4) is 0 Å². The van der Waals surface area contributed by atoms with E-state index in [0.717, 1.165) is 6.42 Å². The number of hydrogen-bond donors (Lipinski definition) is 1. The standard InChI is InChI=1S/C8H15NO2/c1-4-5-8(2,3)6(9)7(10)11-5/h5-6H,4,9H2,1-3H3. The summed E-state index contributed by atoms with van der Waals surface area (Å²) in [5, 5.41) is 0. The molecule has 3 heteroatoms. The van der Waals surface area contributed by atoms with Crippen molar-refractivity contribution in [2.24, 2.45) is 11.1 Å². The van der Waals surface area contributed by atoms with Gasteiger partial charge < -0.3 is 10.5 Å². The van der Waals surface area contributed by atoms with Gasteiger partial charge in [-0.05, 0) is 6.42 Å².